The zero-order chi connectivity index (χ0) is 18.2. The molecule has 2 aromatic rings. The minimum Gasteiger partial charge on any atom is -0.372 e. The molecule has 2 heteroatoms. The lowest BCUT2D eigenvalue weighted by Gasteiger charge is -2.28. The number of benzene rings is 2. The molecule has 0 aromatic heterocycles. The van der Waals surface area contributed by atoms with Crippen molar-refractivity contribution < 1.29 is 0 Å². The molecule has 2 aromatic carbocycles. The van der Waals surface area contributed by atoms with Gasteiger partial charge in [-0.05, 0) is 76.6 Å². The highest BCUT2D eigenvalue weighted by molar-refractivity contribution is 5.48. The van der Waals surface area contributed by atoms with Crippen molar-refractivity contribution in [2.45, 2.75) is 52.4 Å². The molecule has 2 aliphatic rings. The summed E-state index contributed by atoms with van der Waals surface area (Å²) in [6.07, 6.45) is 8.23. The zero-order valence-electron chi connectivity index (χ0n) is 16.6. The van der Waals surface area contributed by atoms with Crippen molar-refractivity contribution in [3.8, 4) is 0 Å². The summed E-state index contributed by atoms with van der Waals surface area (Å²) >= 11 is 0. The Kier molecular flexibility index (Phi) is 6.99. The molecule has 2 heterocycles. The number of rotatable bonds is 2. The molecule has 2 aliphatic heterocycles. The zero-order valence-corrected chi connectivity index (χ0v) is 16.6. The van der Waals surface area contributed by atoms with Crippen molar-refractivity contribution >= 4 is 11.4 Å². The van der Waals surface area contributed by atoms with Crippen LogP contribution in [0.2, 0.25) is 0 Å². The normalized spacial score (nSPS) is 17.5. The summed E-state index contributed by atoms with van der Waals surface area (Å²) in [4.78, 5) is 4.98. The maximum Gasteiger partial charge on any atom is 0.0366 e. The van der Waals surface area contributed by atoms with Crippen LogP contribution in [-0.4, -0.2) is 26.2 Å². The second kappa shape index (κ2) is 9.66. The molecule has 26 heavy (non-hydrogen) atoms. The molecule has 0 spiro atoms. The largest absolute Gasteiger partial charge is 0.372 e. The summed E-state index contributed by atoms with van der Waals surface area (Å²) in [5, 5.41) is 0. The van der Waals surface area contributed by atoms with Crippen LogP contribution in [0.1, 0.15) is 49.7 Å². The fourth-order valence-electron chi connectivity index (χ4n) is 3.82. The van der Waals surface area contributed by atoms with Crippen LogP contribution in [0.5, 0.6) is 0 Å². The Balaban J connectivity index is 0.000000151. The Morgan fingerprint density at radius 2 is 0.769 bits per heavy atom. The third-order valence-corrected chi connectivity index (χ3v) is 5.51. The second-order valence-corrected chi connectivity index (χ2v) is 7.77. The predicted molar refractivity (Wildman–Crippen MR) is 114 cm³/mol. The molecule has 2 saturated heterocycles. The lowest BCUT2D eigenvalue weighted by molar-refractivity contribution is 0.578. The summed E-state index contributed by atoms with van der Waals surface area (Å²) in [6.45, 7) is 9.23. The molecule has 0 unspecified atom stereocenters. The third-order valence-electron chi connectivity index (χ3n) is 5.51. The molecule has 0 bridgehead atoms. The Hall–Kier alpha value is -1.96. The maximum atomic E-state index is 2.49. The highest BCUT2D eigenvalue weighted by atomic mass is 15.1. The van der Waals surface area contributed by atoms with Crippen LogP contribution in [0.4, 0.5) is 11.4 Å². The third kappa shape index (κ3) is 5.52. The minimum absolute atomic E-state index is 1.24. The fraction of sp³-hybridized carbons (Fsp3) is 0.500. The van der Waals surface area contributed by atoms with Gasteiger partial charge in [-0.3, -0.25) is 0 Å². The monoisotopic (exact) mass is 350 g/mol. The van der Waals surface area contributed by atoms with Gasteiger partial charge in [0.15, 0.2) is 0 Å². The lowest BCUT2D eigenvalue weighted by Crippen LogP contribution is -2.29. The number of anilines is 2. The van der Waals surface area contributed by atoms with Gasteiger partial charge in [0.25, 0.3) is 0 Å². The van der Waals surface area contributed by atoms with Crippen molar-refractivity contribution in [1.82, 2.24) is 0 Å². The molecule has 0 aliphatic carbocycles. The molecule has 2 nitrogen and oxygen atoms in total. The summed E-state index contributed by atoms with van der Waals surface area (Å²) in [5.74, 6) is 0. The first kappa shape index (κ1) is 18.8. The van der Waals surface area contributed by atoms with Gasteiger partial charge in [0.05, 0.1) is 0 Å². The van der Waals surface area contributed by atoms with Gasteiger partial charge in [-0.25, -0.2) is 0 Å². The van der Waals surface area contributed by atoms with Gasteiger partial charge in [-0.2, -0.15) is 0 Å². The first-order chi connectivity index (χ1) is 12.7. The first-order valence-corrected chi connectivity index (χ1v) is 10.4. The van der Waals surface area contributed by atoms with Gasteiger partial charge in [-0.15, -0.1) is 0 Å². The topological polar surface area (TPSA) is 6.48 Å². The number of hydrogen-bond acceptors (Lipinski definition) is 2. The standard InChI is InChI=1S/2C12H17N/c2*1-11-5-7-12(8-6-11)13-9-3-2-4-10-13/h2*5-8H,2-4,9-10H2,1H3. The van der Waals surface area contributed by atoms with Crippen molar-refractivity contribution in [2.75, 3.05) is 36.0 Å². The van der Waals surface area contributed by atoms with Gasteiger partial charge < -0.3 is 9.80 Å². The van der Waals surface area contributed by atoms with E-state index >= 15 is 0 Å². The number of hydrogen-bond donors (Lipinski definition) is 0. The number of nitrogens with zero attached hydrogens (tertiary/aromatic N) is 2. The molecule has 0 N–H and O–H groups in total. The number of aryl methyl sites for hydroxylation is 2. The minimum atomic E-state index is 1.24. The summed E-state index contributed by atoms with van der Waals surface area (Å²) in [6, 6.07) is 17.7. The van der Waals surface area contributed by atoms with Gasteiger partial charge in [0.2, 0.25) is 0 Å². The highest BCUT2D eigenvalue weighted by Crippen LogP contribution is 2.20. The van der Waals surface area contributed by atoms with E-state index in [1.807, 2.05) is 0 Å². The Bertz CT molecular complexity index is 573. The quantitative estimate of drug-likeness (QED) is 0.658. The summed E-state index contributed by atoms with van der Waals surface area (Å²) in [5.41, 5.74) is 5.48. The van der Waals surface area contributed by atoms with Gasteiger partial charge in [0, 0.05) is 37.6 Å². The number of piperidine rings is 2. The molecule has 2 fully saturated rings. The second-order valence-electron chi connectivity index (χ2n) is 7.77. The van der Waals surface area contributed by atoms with Gasteiger partial charge >= 0.3 is 0 Å². The van der Waals surface area contributed by atoms with Crippen molar-refractivity contribution in [3.05, 3.63) is 59.7 Å². The van der Waals surface area contributed by atoms with Gasteiger partial charge in [-0.1, -0.05) is 35.4 Å². The molecular weight excluding hydrogens is 316 g/mol. The van der Waals surface area contributed by atoms with E-state index in [9.17, 15) is 0 Å². The smallest absolute Gasteiger partial charge is 0.0366 e. The highest BCUT2D eigenvalue weighted by Gasteiger charge is 2.10. The van der Waals surface area contributed by atoms with Crippen LogP contribution in [0.15, 0.2) is 48.5 Å². The fourth-order valence-corrected chi connectivity index (χ4v) is 3.82. The van der Waals surface area contributed by atoms with E-state index in [4.69, 9.17) is 0 Å². The van der Waals surface area contributed by atoms with E-state index in [0.717, 1.165) is 0 Å². The van der Waals surface area contributed by atoms with E-state index in [1.54, 1.807) is 0 Å². The lowest BCUT2D eigenvalue weighted by atomic mass is 10.1. The van der Waals surface area contributed by atoms with Crippen LogP contribution in [0.3, 0.4) is 0 Å². The molecule has 140 valence electrons. The predicted octanol–water partition coefficient (Wildman–Crippen LogP) is 5.97. The van der Waals surface area contributed by atoms with Gasteiger partial charge in [0.1, 0.15) is 0 Å². The Labute approximate surface area is 159 Å². The Morgan fingerprint density at radius 1 is 0.462 bits per heavy atom. The Morgan fingerprint density at radius 3 is 1.08 bits per heavy atom. The van der Waals surface area contributed by atoms with E-state index < -0.39 is 0 Å². The van der Waals surface area contributed by atoms with E-state index in [2.05, 4.69) is 72.2 Å². The van der Waals surface area contributed by atoms with Crippen LogP contribution >= 0.6 is 0 Å². The van der Waals surface area contributed by atoms with Crippen LogP contribution in [-0.2, 0) is 0 Å². The maximum absolute atomic E-state index is 2.49. The molecule has 0 saturated carbocycles. The average molecular weight is 351 g/mol. The van der Waals surface area contributed by atoms with Crippen LogP contribution in [0, 0.1) is 13.8 Å². The van der Waals surface area contributed by atoms with Crippen molar-refractivity contribution in [1.29, 1.82) is 0 Å². The van der Waals surface area contributed by atoms with E-state index in [0.29, 0.717) is 0 Å². The molecular formula is C24H34N2. The molecule has 0 amide bonds. The van der Waals surface area contributed by atoms with Crippen molar-refractivity contribution in [3.63, 3.8) is 0 Å². The first-order valence-electron chi connectivity index (χ1n) is 10.4. The molecule has 0 radical (unpaired) electrons. The van der Waals surface area contributed by atoms with E-state index in [1.165, 1.54) is 87.2 Å². The van der Waals surface area contributed by atoms with Crippen LogP contribution in [0.25, 0.3) is 0 Å². The van der Waals surface area contributed by atoms with Crippen LogP contribution < -0.4 is 9.80 Å². The molecule has 0 atom stereocenters. The van der Waals surface area contributed by atoms with Crippen molar-refractivity contribution in [2.24, 2.45) is 0 Å². The SMILES string of the molecule is Cc1ccc(N2CCCCC2)cc1.Cc1ccc(N2CCCCC2)cc1. The average Bonchev–Trinajstić information content (AvgIpc) is 2.71. The molecule has 4 rings (SSSR count). The van der Waals surface area contributed by atoms with E-state index in [-0.39, 0.29) is 0 Å². The summed E-state index contributed by atoms with van der Waals surface area (Å²) < 4.78 is 0. The summed E-state index contributed by atoms with van der Waals surface area (Å²) in [7, 11) is 0.